The Morgan fingerprint density at radius 1 is 1.29 bits per heavy atom. The monoisotopic (exact) mass is 202 g/mol. The molecule has 0 amide bonds. The highest BCUT2D eigenvalue weighted by atomic mass is 19.4. The van der Waals surface area contributed by atoms with Crippen molar-refractivity contribution >= 4 is 0 Å². The molecule has 14 heavy (non-hydrogen) atoms. The van der Waals surface area contributed by atoms with Gasteiger partial charge >= 0.3 is 6.18 Å². The molecular weight excluding hydrogens is 193 g/mol. The van der Waals surface area contributed by atoms with Gasteiger partial charge in [0.25, 0.3) is 0 Å². The average Bonchev–Trinajstić information content (AvgIpc) is 2.41. The van der Waals surface area contributed by atoms with Gasteiger partial charge in [0, 0.05) is 12.2 Å². The maximum atomic E-state index is 12.3. The zero-order valence-corrected chi connectivity index (χ0v) is 7.30. The molecule has 0 saturated heterocycles. The molecule has 1 aliphatic rings. The predicted molar refractivity (Wildman–Crippen MR) is 44.6 cm³/mol. The molecule has 0 radical (unpaired) electrons. The van der Waals surface area contributed by atoms with Crippen LogP contribution in [-0.2, 0) is 19.0 Å². The van der Waals surface area contributed by atoms with E-state index in [0.29, 0.717) is 18.4 Å². The average molecular weight is 202 g/mol. The van der Waals surface area contributed by atoms with Crippen LogP contribution in [-0.4, -0.2) is 11.0 Å². The smallest absolute Gasteiger partial charge is 0.327 e. The van der Waals surface area contributed by atoms with Gasteiger partial charge in [-0.05, 0) is 30.0 Å². The summed E-state index contributed by atoms with van der Waals surface area (Å²) in [7, 11) is 0. The number of aromatic nitrogens is 1. The van der Waals surface area contributed by atoms with Gasteiger partial charge in [-0.3, -0.25) is 4.98 Å². The SMILES string of the molecule is NC1Cc2cnc(C(F)(F)F)cc2C1. The first-order valence-electron chi connectivity index (χ1n) is 4.27. The lowest BCUT2D eigenvalue weighted by Crippen LogP contribution is -2.19. The lowest BCUT2D eigenvalue weighted by molar-refractivity contribution is -0.141. The molecule has 0 saturated carbocycles. The Morgan fingerprint density at radius 3 is 2.57 bits per heavy atom. The standard InChI is InChI=1S/C9H9F3N2/c10-9(11,12)8-3-5-1-7(13)2-6(5)4-14-8/h3-4,7H,1-2,13H2. The number of fused-ring (bicyclic) bond motifs is 1. The third-order valence-electron chi connectivity index (χ3n) is 2.34. The Bertz CT molecular complexity index is 360. The molecule has 0 spiro atoms. The van der Waals surface area contributed by atoms with Crippen LogP contribution in [0.2, 0.25) is 0 Å². The zero-order valence-electron chi connectivity index (χ0n) is 7.30. The Balaban J connectivity index is 2.38. The van der Waals surface area contributed by atoms with Gasteiger partial charge < -0.3 is 5.73 Å². The quantitative estimate of drug-likeness (QED) is 0.692. The third-order valence-corrected chi connectivity index (χ3v) is 2.34. The van der Waals surface area contributed by atoms with E-state index >= 15 is 0 Å². The van der Waals surface area contributed by atoms with Gasteiger partial charge in [-0.15, -0.1) is 0 Å². The summed E-state index contributed by atoms with van der Waals surface area (Å²) in [4.78, 5) is 3.38. The summed E-state index contributed by atoms with van der Waals surface area (Å²) in [5.41, 5.74) is 6.33. The molecule has 2 nitrogen and oxygen atoms in total. The van der Waals surface area contributed by atoms with E-state index in [4.69, 9.17) is 5.73 Å². The number of alkyl halides is 3. The summed E-state index contributed by atoms with van der Waals surface area (Å²) >= 11 is 0. The lowest BCUT2D eigenvalue weighted by atomic mass is 10.1. The Hall–Kier alpha value is -1.10. The third kappa shape index (κ3) is 1.59. The van der Waals surface area contributed by atoms with Crippen LogP contribution in [0.15, 0.2) is 12.3 Å². The van der Waals surface area contributed by atoms with E-state index in [-0.39, 0.29) is 6.04 Å². The first-order chi connectivity index (χ1) is 6.47. The minimum absolute atomic E-state index is 0.0599. The van der Waals surface area contributed by atoms with E-state index in [0.717, 1.165) is 11.6 Å². The molecule has 2 N–H and O–H groups in total. The van der Waals surface area contributed by atoms with Crippen molar-refractivity contribution in [2.75, 3.05) is 0 Å². The van der Waals surface area contributed by atoms with E-state index in [1.54, 1.807) is 0 Å². The summed E-state index contributed by atoms with van der Waals surface area (Å²) in [6.07, 6.45) is -1.94. The Labute approximate surface area is 78.9 Å². The second-order valence-electron chi connectivity index (χ2n) is 3.50. The Kier molecular flexibility index (Phi) is 1.99. The fraction of sp³-hybridized carbons (Fsp3) is 0.444. The lowest BCUT2D eigenvalue weighted by Gasteiger charge is -2.06. The highest BCUT2D eigenvalue weighted by molar-refractivity contribution is 5.33. The largest absolute Gasteiger partial charge is 0.433 e. The van der Waals surface area contributed by atoms with Crippen LogP contribution in [0, 0.1) is 0 Å². The normalized spacial score (nSPS) is 21.0. The number of hydrogen-bond donors (Lipinski definition) is 1. The molecule has 0 fully saturated rings. The molecule has 0 aliphatic heterocycles. The van der Waals surface area contributed by atoms with Crippen LogP contribution >= 0.6 is 0 Å². The van der Waals surface area contributed by atoms with Gasteiger partial charge in [0.05, 0.1) is 0 Å². The molecule has 2 rings (SSSR count). The van der Waals surface area contributed by atoms with Gasteiger partial charge in [-0.2, -0.15) is 13.2 Å². The van der Waals surface area contributed by atoms with E-state index in [2.05, 4.69) is 4.98 Å². The van der Waals surface area contributed by atoms with Gasteiger partial charge in [-0.25, -0.2) is 0 Å². The molecule has 1 unspecified atom stereocenters. The van der Waals surface area contributed by atoms with Gasteiger partial charge in [0.15, 0.2) is 0 Å². The number of nitrogens with zero attached hydrogens (tertiary/aromatic N) is 1. The van der Waals surface area contributed by atoms with Gasteiger partial charge in [0.1, 0.15) is 5.69 Å². The minimum Gasteiger partial charge on any atom is -0.327 e. The summed E-state index contributed by atoms with van der Waals surface area (Å²) in [6, 6.07) is 1.04. The molecule has 0 aromatic carbocycles. The molecule has 1 atom stereocenters. The maximum Gasteiger partial charge on any atom is 0.433 e. The van der Waals surface area contributed by atoms with Crippen LogP contribution in [0.3, 0.4) is 0 Å². The van der Waals surface area contributed by atoms with Crippen LogP contribution in [0.4, 0.5) is 13.2 Å². The molecule has 1 aromatic rings. The summed E-state index contributed by atoms with van der Waals surface area (Å²) in [5.74, 6) is 0. The summed E-state index contributed by atoms with van der Waals surface area (Å²) < 4.78 is 36.8. The van der Waals surface area contributed by atoms with Crippen LogP contribution in [0.1, 0.15) is 16.8 Å². The number of nitrogens with two attached hydrogens (primary N) is 1. The minimum atomic E-state index is -4.36. The number of hydrogen-bond acceptors (Lipinski definition) is 2. The van der Waals surface area contributed by atoms with E-state index in [1.807, 2.05) is 0 Å². The summed E-state index contributed by atoms with van der Waals surface area (Å²) in [6.45, 7) is 0. The molecular formula is C9H9F3N2. The molecule has 1 aliphatic carbocycles. The van der Waals surface area contributed by atoms with Crippen molar-refractivity contribution in [2.24, 2.45) is 5.73 Å². The highest BCUT2D eigenvalue weighted by Crippen LogP contribution is 2.30. The van der Waals surface area contributed by atoms with Gasteiger partial charge in [0.2, 0.25) is 0 Å². The number of rotatable bonds is 0. The van der Waals surface area contributed by atoms with E-state index in [9.17, 15) is 13.2 Å². The van der Waals surface area contributed by atoms with Crippen molar-refractivity contribution in [1.29, 1.82) is 0 Å². The fourth-order valence-corrected chi connectivity index (χ4v) is 1.69. The van der Waals surface area contributed by atoms with Crippen molar-refractivity contribution in [1.82, 2.24) is 4.98 Å². The molecule has 1 heterocycles. The topological polar surface area (TPSA) is 38.9 Å². The van der Waals surface area contributed by atoms with Crippen LogP contribution in [0.25, 0.3) is 0 Å². The zero-order chi connectivity index (χ0) is 10.3. The number of halogens is 3. The van der Waals surface area contributed by atoms with Crippen molar-refractivity contribution in [3.05, 3.63) is 29.1 Å². The van der Waals surface area contributed by atoms with Crippen LogP contribution in [0.5, 0.6) is 0 Å². The van der Waals surface area contributed by atoms with Gasteiger partial charge in [-0.1, -0.05) is 0 Å². The van der Waals surface area contributed by atoms with Crippen molar-refractivity contribution in [2.45, 2.75) is 25.1 Å². The predicted octanol–water partition coefficient (Wildman–Crippen LogP) is 1.53. The second kappa shape index (κ2) is 2.95. The van der Waals surface area contributed by atoms with E-state index in [1.165, 1.54) is 6.20 Å². The van der Waals surface area contributed by atoms with Crippen LogP contribution < -0.4 is 5.73 Å². The molecule has 0 bridgehead atoms. The summed E-state index contributed by atoms with van der Waals surface area (Å²) in [5, 5.41) is 0. The second-order valence-corrected chi connectivity index (χ2v) is 3.50. The molecule has 1 aromatic heterocycles. The first kappa shape index (κ1) is 9.45. The fourth-order valence-electron chi connectivity index (χ4n) is 1.69. The van der Waals surface area contributed by atoms with Crippen molar-refractivity contribution < 1.29 is 13.2 Å². The molecule has 5 heteroatoms. The maximum absolute atomic E-state index is 12.3. The molecule has 76 valence electrons. The number of pyridine rings is 1. The Morgan fingerprint density at radius 2 is 1.93 bits per heavy atom. The highest BCUT2D eigenvalue weighted by Gasteiger charge is 2.33. The van der Waals surface area contributed by atoms with Crippen molar-refractivity contribution in [3.63, 3.8) is 0 Å². The van der Waals surface area contributed by atoms with E-state index < -0.39 is 11.9 Å². The first-order valence-corrected chi connectivity index (χ1v) is 4.27. The van der Waals surface area contributed by atoms with Crippen molar-refractivity contribution in [3.8, 4) is 0 Å².